The van der Waals surface area contributed by atoms with Gasteiger partial charge in [-0.15, -0.1) is 4.98 Å². The summed E-state index contributed by atoms with van der Waals surface area (Å²) in [6.07, 6.45) is 0. The van der Waals surface area contributed by atoms with E-state index in [2.05, 4.69) is 51.9 Å². The maximum atomic E-state index is 14.6. The van der Waals surface area contributed by atoms with Gasteiger partial charge in [0.05, 0.1) is 34.5 Å². The first-order valence-electron chi connectivity index (χ1n) is 16.5. The average molecular weight is 655 g/mol. The number of pyridine rings is 2. The van der Waals surface area contributed by atoms with E-state index >= 15 is 0 Å². The van der Waals surface area contributed by atoms with Crippen LogP contribution in [0.2, 0.25) is 0 Å². The Balaban J connectivity index is 1.29. The summed E-state index contributed by atoms with van der Waals surface area (Å²) in [6.45, 7) is 8.06. The second-order valence-electron chi connectivity index (χ2n) is 12.4. The van der Waals surface area contributed by atoms with Gasteiger partial charge in [0.15, 0.2) is 5.69 Å². The third-order valence-corrected chi connectivity index (χ3v) is 9.52. The Labute approximate surface area is 293 Å². The Morgan fingerprint density at radius 3 is 1.96 bits per heavy atom. The molecule has 1 aliphatic rings. The summed E-state index contributed by atoms with van der Waals surface area (Å²) in [7, 11) is 0. The van der Waals surface area contributed by atoms with Crippen molar-refractivity contribution < 1.29 is 4.79 Å². The van der Waals surface area contributed by atoms with Gasteiger partial charge in [-0.25, -0.2) is 4.98 Å². The number of carbonyl (C=O) groups excluding carboxylic acids is 1. The van der Waals surface area contributed by atoms with E-state index in [-0.39, 0.29) is 5.91 Å². The average Bonchev–Trinajstić information content (AvgIpc) is 3.73. The summed E-state index contributed by atoms with van der Waals surface area (Å²) < 4.78 is 2.15. The van der Waals surface area contributed by atoms with Gasteiger partial charge in [0.2, 0.25) is 0 Å². The number of hydrogen-bond acceptors (Lipinski definition) is 4. The Morgan fingerprint density at radius 1 is 0.647 bits per heavy atom. The monoisotopic (exact) mass is 654 g/mol. The maximum absolute atomic E-state index is 14.6. The molecule has 51 heavy (non-hydrogen) atoms. The van der Waals surface area contributed by atoms with Crippen LogP contribution in [0.1, 0.15) is 21.6 Å². The molecule has 0 saturated heterocycles. The number of nitriles is 1. The smallest absolute Gasteiger partial charge is 0.270 e. The van der Waals surface area contributed by atoms with E-state index in [1.807, 2.05) is 102 Å². The van der Waals surface area contributed by atoms with Crippen molar-refractivity contribution >= 4 is 39.2 Å². The first-order chi connectivity index (χ1) is 25.1. The molecule has 0 unspecified atom stereocenters. The maximum Gasteiger partial charge on any atom is 0.270 e. The van der Waals surface area contributed by atoms with E-state index in [4.69, 9.17) is 16.5 Å². The fourth-order valence-corrected chi connectivity index (χ4v) is 7.25. The van der Waals surface area contributed by atoms with Gasteiger partial charge in [-0.3, -0.25) is 4.79 Å². The molecule has 0 atom stereocenters. The molecule has 1 aliphatic heterocycles. The van der Waals surface area contributed by atoms with Crippen molar-refractivity contribution in [3.05, 3.63) is 174 Å². The van der Waals surface area contributed by atoms with Crippen LogP contribution in [0, 0.1) is 17.9 Å². The Hall–Kier alpha value is -7.35. The van der Waals surface area contributed by atoms with Crippen LogP contribution in [-0.2, 0) is 6.54 Å². The van der Waals surface area contributed by atoms with E-state index in [0.717, 1.165) is 61.0 Å². The molecule has 0 bridgehead atoms. The number of fused-ring (bicyclic) bond motifs is 4. The Morgan fingerprint density at radius 2 is 1.27 bits per heavy atom. The second-order valence-corrected chi connectivity index (χ2v) is 12.4. The number of para-hydroxylation sites is 2. The van der Waals surface area contributed by atoms with E-state index in [9.17, 15) is 10.1 Å². The molecule has 0 radical (unpaired) electrons. The summed E-state index contributed by atoms with van der Waals surface area (Å²) in [5.41, 5.74) is 10.3. The summed E-state index contributed by atoms with van der Waals surface area (Å²) in [5, 5.41) is 11.6. The lowest BCUT2D eigenvalue weighted by Gasteiger charge is -2.18. The predicted molar refractivity (Wildman–Crippen MR) is 201 cm³/mol. The molecular formula is C44H26N6O. The highest BCUT2D eigenvalue weighted by molar-refractivity contribution is 6.19. The number of nitrogens with zero attached hydrogens (tertiary/aromatic N) is 6. The number of benzene rings is 5. The minimum Gasteiger partial charge on any atom is -0.361 e. The van der Waals surface area contributed by atoms with E-state index < -0.39 is 0 Å². The zero-order valence-electron chi connectivity index (χ0n) is 27.2. The number of amides is 1. The van der Waals surface area contributed by atoms with Crippen LogP contribution in [0.4, 0.5) is 11.5 Å². The lowest BCUT2D eigenvalue weighted by molar-refractivity contribution is 0.0996. The van der Waals surface area contributed by atoms with E-state index in [0.29, 0.717) is 35.0 Å². The van der Waals surface area contributed by atoms with Gasteiger partial charge in [-0.05, 0) is 65.2 Å². The van der Waals surface area contributed by atoms with Crippen molar-refractivity contribution in [3.8, 4) is 45.4 Å². The van der Waals surface area contributed by atoms with Gasteiger partial charge in [0.1, 0.15) is 11.8 Å². The molecule has 0 aliphatic carbocycles. The SMILES string of the molecule is [C-]#[N+]c1cccc(-c2cccc3c4cccc(-c5cccc(C#N)n5)c4n(-c4cccc5c4C(=O)N(c4ccc(-c6ccccc6)cc4)C5)c23)n1. The molecule has 0 spiro atoms. The van der Waals surface area contributed by atoms with Gasteiger partial charge in [-0.1, -0.05) is 104 Å². The zero-order chi connectivity index (χ0) is 34.5. The lowest BCUT2D eigenvalue weighted by atomic mass is 10.0. The summed E-state index contributed by atoms with van der Waals surface area (Å²) in [6, 6.07) is 49.5. The molecule has 0 fully saturated rings. The number of rotatable bonds is 5. The first-order valence-corrected chi connectivity index (χ1v) is 16.5. The van der Waals surface area contributed by atoms with Crippen molar-refractivity contribution in [1.29, 1.82) is 5.26 Å². The minimum absolute atomic E-state index is 0.0873. The van der Waals surface area contributed by atoms with Crippen LogP contribution in [-0.4, -0.2) is 20.4 Å². The highest BCUT2D eigenvalue weighted by Crippen LogP contribution is 2.43. The number of aromatic nitrogens is 3. The van der Waals surface area contributed by atoms with Crippen LogP contribution < -0.4 is 4.90 Å². The molecule has 238 valence electrons. The predicted octanol–water partition coefficient (Wildman–Crippen LogP) is 10.2. The number of anilines is 1. The van der Waals surface area contributed by atoms with E-state index in [1.54, 1.807) is 12.1 Å². The summed E-state index contributed by atoms with van der Waals surface area (Å²) >= 11 is 0. The minimum atomic E-state index is -0.0873. The van der Waals surface area contributed by atoms with Crippen molar-refractivity contribution in [2.24, 2.45) is 0 Å². The van der Waals surface area contributed by atoms with Crippen LogP contribution in [0.3, 0.4) is 0 Å². The fourth-order valence-electron chi connectivity index (χ4n) is 7.25. The van der Waals surface area contributed by atoms with Crippen LogP contribution in [0.25, 0.3) is 66.0 Å². The summed E-state index contributed by atoms with van der Waals surface area (Å²) in [5.74, 6) is 0.214. The van der Waals surface area contributed by atoms with Crippen LogP contribution in [0.15, 0.2) is 146 Å². The molecule has 3 aromatic heterocycles. The third kappa shape index (κ3) is 4.84. The Bertz CT molecular complexity index is 2660. The lowest BCUT2D eigenvalue weighted by Crippen LogP contribution is -2.23. The summed E-state index contributed by atoms with van der Waals surface area (Å²) in [4.78, 5) is 29.5. The standard InChI is InChI=1S/C44H26N6O/c1-46-40-21-9-19-38(48-40)36-17-8-15-34-33-14-7-16-35(37-18-6-13-31(26-45)47-37)42(33)50(43(34)36)39-20-5-12-30-27-49(44(51)41(30)39)32-24-22-29(23-25-32)28-10-3-2-4-11-28/h2-25H,27H2. The van der Waals surface area contributed by atoms with E-state index in [1.165, 1.54) is 0 Å². The van der Waals surface area contributed by atoms with Crippen molar-refractivity contribution in [2.45, 2.75) is 6.54 Å². The first kappa shape index (κ1) is 29.8. The topological polar surface area (TPSA) is 79.2 Å². The zero-order valence-corrected chi connectivity index (χ0v) is 27.2. The fraction of sp³-hybridized carbons (Fsp3) is 0.0227. The quantitative estimate of drug-likeness (QED) is 0.173. The second kappa shape index (κ2) is 12.0. The molecule has 7 heteroatoms. The molecule has 9 rings (SSSR count). The highest BCUT2D eigenvalue weighted by atomic mass is 16.2. The molecule has 5 aromatic carbocycles. The molecule has 4 heterocycles. The van der Waals surface area contributed by atoms with Gasteiger partial charge in [0, 0.05) is 27.6 Å². The van der Waals surface area contributed by atoms with Gasteiger partial charge in [0.25, 0.3) is 11.7 Å². The molecule has 8 aromatic rings. The third-order valence-electron chi connectivity index (χ3n) is 9.52. The molecule has 7 nitrogen and oxygen atoms in total. The highest BCUT2D eigenvalue weighted by Gasteiger charge is 2.33. The van der Waals surface area contributed by atoms with Crippen molar-refractivity contribution in [3.63, 3.8) is 0 Å². The van der Waals surface area contributed by atoms with Crippen molar-refractivity contribution in [2.75, 3.05) is 4.90 Å². The molecule has 0 N–H and O–H groups in total. The van der Waals surface area contributed by atoms with Gasteiger partial charge >= 0.3 is 0 Å². The largest absolute Gasteiger partial charge is 0.361 e. The number of carbonyl (C=O) groups is 1. The Kier molecular flexibility index (Phi) is 6.98. The molecule has 1 amide bonds. The van der Waals surface area contributed by atoms with Gasteiger partial charge in [-0.2, -0.15) is 5.26 Å². The molecule has 0 saturated carbocycles. The van der Waals surface area contributed by atoms with Gasteiger partial charge < -0.3 is 14.3 Å². The van der Waals surface area contributed by atoms with Crippen LogP contribution >= 0.6 is 0 Å². The van der Waals surface area contributed by atoms with Crippen molar-refractivity contribution in [1.82, 2.24) is 14.5 Å². The normalized spacial score (nSPS) is 12.2. The van der Waals surface area contributed by atoms with Crippen LogP contribution in [0.5, 0.6) is 0 Å². The number of hydrogen-bond donors (Lipinski definition) is 0. The molecular weight excluding hydrogens is 629 g/mol.